The molecule has 1 aliphatic heterocycles. The quantitative estimate of drug-likeness (QED) is 0.831. The van der Waals surface area contributed by atoms with Gasteiger partial charge in [-0.3, -0.25) is 4.79 Å². The van der Waals surface area contributed by atoms with Crippen molar-refractivity contribution in [3.8, 4) is 0 Å². The predicted molar refractivity (Wildman–Crippen MR) is 69.5 cm³/mol. The highest BCUT2D eigenvalue weighted by Gasteiger charge is 2.22. The van der Waals surface area contributed by atoms with Crippen molar-refractivity contribution >= 4 is 23.4 Å². The van der Waals surface area contributed by atoms with E-state index in [2.05, 4.69) is 10.6 Å². The summed E-state index contributed by atoms with van der Waals surface area (Å²) in [6, 6.07) is 6.06. The molecule has 0 bridgehead atoms. The van der Waals surface area contributed by atoms with Crippen LogP contribution in [0.3, 0.4) is 0 Å². The number of halogens is 2. The van der Waals surface area contributed by atoms with Crippen LogP contribution in [0.2, 0.25) is 0 Å². The number of amides is 1. The molecular weight excluding hydrogens is 274 g/mol. The second kappa shape index (κ2) is 6.83. The molecule has 1 heterocycles. The summed E-state index contributed by atoms with van der Waals surface area (Å²) in [5, 5.41) is 5.66. The van der Waals surface area contributed by atoms with Crippen molar-refractivity contribution in [2.45, 2.75) is 16.7 Å². The fourth-order valence-electron chi connectivity index (χ4n) is 1.72. The van der Waals surface area contributed by atoms with Gasteiger partial charge in [-0.05, 0) is 12.1 Å². The van der Waals surface area contributed by atoms with E-state index in [0.29, 0.717) is 35.5 Å². The van der Waals surface area contributed by atoms with Crippen molar-refractivity contribution in [2.24, 2.45) is 0 Å². The van der Waals surface area contributed by atoms with E-state index in [9.17, 15) is 13.6 Å². The molecule has 1 aromatic rings. The Labute approximate surface area is 113 Å². The van der Waals surface area contributed by atoms with Crippen LogP contribution in [0.1, 0.15) is 0 Å². The van der Waals surface area contributed by atoms with Gasteiger partial charge in [0.05, 0.1) is 18.9 Å². The fourth-order valence-corrected chi connectivity index (χ4v) is 2.32. The molecule has 0 spiro atoms. The van der Waals surface area contributed by atoms with E-state index in [4.69, 9.17) is 4.74 Å². The Morgan fingerprint density at radius 3 is 2.95 bits per heavy atom. The average Bonchev–Trinajstić information content (AvgIpc) is 2.41. The smallest absolute Gasteiger partial charge is 0.288 e. The second-order valence-corrected chi connectivity index (χ2v) is 4.98. The fraction of sp³-hybridized carbons (Fsp3) is 0.417. The molecule has 104 valence electrons. The zero-order valence-electron chi connectivity index (χ0n) is 10.1. The number of ether oxygens (including phenoxy) is 1. The highest BCUT2D eigenvalue weighted by Crippen LogP contribution is 2.31. The number of nitrogens with one attached hydrogen (secondary N) is 2. The van der Waals surface area contributed by atoms with Crippen molar-refractivity contribution in [1.29, 1.82) is 0 Å². The van der Waals surface area contributed by atoms with Gasteiger partial charge in [0.25, 0.3) is 5.76 Å². The number of carbonyl (C=O) groups excluding carboxylic acids is 1. The number of para-hydroxylation sites is 1. The molecule has 1 aliphatic rings. The zero-order valence-corrected chi connectivity index (χ0v) is 10.9. The molecular formula is C12H14F2N2O2S. The van der Waals surface area contributed by atoms with Gasteiger partial charge in [0.1, 0.15) is 6.04 Å². The second-order valence-electron chi connectivity index (χ2n) is 3.95. The van der Waals surface area contributed by atoms with E-state index in [0.717, 1.165) is 0 Å². The van der Waals surface area contributed by atoms with Gasteiger partial charge in [-0.2, -0.15) is 8.78 Å². The third kappa shape index (κ3) is 4.15. The van der Waals surface area contributed by atoms with E-state index < -0.39 is 11.8 Å². The molecule has 7 heteroatoms. The van der Waals surface area contributed by atoms with Crippen LogP contribution >= 0.6 is 11.8 Å². The van der Waals surface area contributed by atoms with Gasteiger partial charge < -0.3 is 15.4 Å². The van der Waals surface area contributed by atoms with Crippen LogP contribution in [-0.2, 0) is 9.53 Å². The minimum absolute atomic E-state index is 0.276. The number of thioether (sulfide) groups is 1. The number of hydrogen-bond acceptors (Lipinski definition) is 4. The van der Waals surface area contributed by atoms with E-state index in [-0.39, 0.29) is 12.5 Å². The van der Waals surface area contributed by atoms with Crippen LogP contribution in [0.25, 0.3) is 0 Å². The van der Waals surface area contributed by atoms with E-state index >= 15 is 0 Å². The van der Waals surface area contributed by atoms with Crippen LogP contribution in [0, 0.1) is 0 Å². The lowest BCUT2D eigenvalue weighted by atomic mass is 10.2. The predicted octanol–water partition coefficient (Wildman–Crippen LogP) is 1.93. The molecule has 0 aliphatic carbocycles. The van der Waals surface area contributed by atoms with Gasteiger partial charge in [-0.15, -0.1) is 0 Å². The first-order chi connectivity index (χ1) is 9.16. The molecule has 1 saturated heterocycles. The lowest BCUT2D eigenvalue weighted by Crippen LogP contribution is -2.48. The summed E-state index contributed by atoms with van der Waals surface area (Å²) < 4.78 is 30.0. The largest absolute Gasteiger partial charge is 0.378 e. The molecule has 2 N–H and O–H groups in total. The molecule has 1 aromatic carbocycles. The van der Waals surface area contributed by atoms with Gasteiger partial charge in [-0.25, -0.2) is 0 Å². The molecule has 4 nitrogen and oxygen atoms in total. The lowest BCUT2D eigenvalue weighted by Gasteiger charge is -2.23. The Morgan fingerprint density at radius 1 is 1.47 bits per heavy atom. The Bertz CT molecular complexity index is 439. The van der Waals surface area contributed by atoms with Crippen molar-refractivity contribution < 1.29 is 18.3 Å². The third-order valence-corrected chi connectivity index (χ3v) is 3.39. The maximum atomic E-state index is 12.4. The first kappa shape index (κ1) is 14.2. The normalized spacial score (nSPS) is 19.4. The van der Waals surface area contributed by atoms with E-state index in [1.54, 1.807) is 24.3 Å². The van der Waals surface area contributed by atoms with Gasteiger partial charge in [0.15, 0.2) is 0 Å². The molecule has 0 aromatic heterocycles. The Morgan fingerprint density at radius 2 is 2.26 bits per heavy atom. The first-order valence-electron chi connectivity index (χ1n) is 5.82. The van der Waals surface area contributed by atoms with Gasteiger partial charge in [0.2, 0.25) is 5.91 Å². The average molecular weight is 288 g/mol. The Kier molecular flexibility index (Phi) is 5.12. The third-order valence-electron chi connectivity index (χ3n) is 2.60. The number of benzene rings is 1. The molecule has 0 radical (unpaired) electrons. The van der Waals surface area contributed by atoms with Gasteiger partial charge in [-0.1, -0.05) is 23.9 Å². The minimum atomic E-state index is -2.52. The lowest BCUT2D eigenvalue weighted by molar-refractivity contribution is -0.120. The van der Waals surface area contributed by atoms with Crippen molar-refractivity contribution in [3.63, 3.8) is 0 Å². The van der Waals surface area contributed by atoms with Crippen molar-refractivity contribution in [2.75, 3.05) is 25.1 Å². The molecule has 0 saturated carbocycles. The van der Waals surface area contributed by atoms with Gasteiger partial charge in [0, 0.05) is 11.4 Å². The highest BCUT2D eigenvalue weighted by molar-refractivity contribution is 7.99. The molecule has 1 atom stereocenters. The standard InChI is InChI=1S/C12H14F2N2O2S/c13-12(14)19-10-4-2-1-3-8(10)16-11(17)9-7-18-6-5-15-9/h1-4,9,12,15H,5-7H2,(H,16,17). The molecule has 1 fully saturated rings. The van der Waals surface area contributed by atoms with E-state index in [1.165, 1.54) is 0 Å². The van der Waals surface area contributed by atoms with Crippen molar-refractivity contribution in [1.82, 2.24) is 5.32 Å². The monoisotopic (exact) mass is 288 g/mol. The van der Waals surface area contributed by atoms with Crippen LogP contribution in [0.15, 0.2) is 29.2 Å². The highest BCUT2D eigenvalue weighted by atomic mass is 32.2. The zero-order chi connectivity index (χ0) is 13.7. The van der Waals surface area contributed by atoms with Gasteiger partial charge >= 0.3 is 0 Å². The summed E-state index contributed by atoms with van der Waals surface area (Å²) in [4.78, 5) is 12.3. The van der Waals surface area contributed by atoms with Crippen molar-refractivity contribution in [3.05, 3.63) is 24.3 Å². The summed E-state index contributed by atoms with van der Waals surface area (Å²) in [5.41, 5.74) is 0.394. The molecule has 19 heavy (non-hydrogen) atoms. The van der Waals surface area contributed by atoms with E-state index in [1.807, 2.05) is 0 Å². The number of alkyl halides is 2. The Balaban J connectivity index is 2.03. The summed E-state index contributed by atoms with van der Waals surface area (Å²) >= 11 is 0.414. The molecule has 1 unspecified atom stereocenters. The summed E-state index contributed by atoms with van der Waals surface area (Å²) in [6.07, 6.45) is 0. The summed E-state index contributed by atoms with van der Waals surface area (Å²) in [7, 11) is 0. The number of morpholine rings is 1. The molecule has 2 rings (SSSR count). The Hall–Kier alpha value is -1.18. The van der Waals surface area contributed by atoms with Crippen LogP contribution in [-0.4, -0.2) is 37.5 Å². The maximum absolute atomic E-state index is 12.4. The number of anilines is 1. The topological polar surface area (TPSA) is 50.4 Å². The van der Waals surface area contributed by atoms with Crippen LogP contribution in [0.5, 0.6) is 0 Å². The molecule has 1 amide bonds. The first-order valence-corrected chi connectivity index (χ1v) is 6.70. The maximum Gasteiger partial charge on any atom is 0.288 e. The number of hydrogen-bond donors (Lipinski definition) is 2. The van der Waals surface area contributed by atoms with Crippen LogP contribution in [0.4, 0.5) is 14.5 Å². The SMILES string of the molecule is O=C(Nc1ccccc1SC(F)F)C1COCCN1. The number of rotatable bonds is 4. The van der Waals surface area contributed by atoms with Crippen LogP contribution < -0.4 is 10.6 Å². The minimum Gasteiger partial charge on any atom is -0.378 e. The summed E-state index contributed by atoms with van der Waals surface area (Å²) in [6.45, 7) is 1.46. The number of carbonyl (C=O) groups is 1. The summed E-state index contributed by atoms with van der Waals surface area (Å²) in [5.74, 6) is -2.80.